The van der Waals surface area contributed by atoms with E-state index in [1.165, 1.54) is 0 Å². The molecule has 2 rings (SSSR count). The highest BCUT2D eigenvalue weighted by atomic mass is 32.1. The molecule has 0 radical (unpaired) electrons. The van der Waals surface area contributed by atoms with E-state index in [-0.39, 0.29) is 5.97 Å². The van der Waals surface area contributed by atoms with Gasteiger partial charge in [0, 0.05) is 31.0 Å². The minimum atomic E-state index is -0.172. The number of ether oxygens (including phenoxy) is 1. The molecule has 0 aliphatic rings. The first-order valence-electron chi connectivity index (χ1n) is 6.51. The number of nitrogens with zero attached hydrogens (tertiary/aromatic N) is 2. The smallest absolute Gasteiger partial charge is 0.306 e. The van der Waals surface area contributed by atoms with Crippen LogP contribution in [0.1, 0.15) is 24.6 Å². The topological polar surface area (TPSA) is 55.6 Å². The molecule has 0 aromatic carbocycles. The van der Waals surface area contributed by atoms with Gasteiger partial charge in [0.15, 0.2) is 5.13 Å². The van der Waals surface area contributed by atoms with Crippen LogP contribution in [0.3, 0.4) is 0 Å². The molecule has 0 aliphatic carbocycles. The standard InChI is InChI=1S/C14H18N2O3S/c1-3-19-13(17)5-4-12-10-20-14(15-12)16(2)8-11-6-7-18-9-11/h6-7,9-10H,3-5,8H2,1-2H3. The van der Waals surface area contributed by atoms with Crippen molar-refractivity contribution < 1.29 is 13.9 Å². The van der Waals surface area contributed by atoms with Crippen LogP contribution in [0.4, 0.5) is 5.13 Å². The zero-order chi connectivity index (χ0) is 14.4. The maximum atomic E-state index is 11.3. The van der Waals surface area contributed by atoms with E-state index < -0.39 is 0 Å². The third kappa shape index (κ3) is 4.09. The number of furan rings is 1. The Morgan fingerprint density at radius 3 is 3.10 bits per heavy atom. The van der Waals surface area contributed by atoms with Crippen LogP contribution in [-0.2, 0) is 22.5 Å². The molecule has 2 heterocycles. The summed E-state index contributed by atoms with van der Waals surface area (Å²) in [6.45, 7) is 2.99. The zero-order valence-corrected chi connectivity index (χ0v) is 12.5. The second kappa shape index (κ2) is 7.09. The van der Waals surface area contributed by atoms with Crippen molar-refractivity contribution in [2.75, 3.05) is 18.6 Å². The highest BCUT2D eigenvalue weighted by Crippen LogP contribution is 2.22. The molecule has 108 valence electrons. The average Bonchev–Trinajstić information content (AvgIpc) is 3.07. The fourth-order valence-electron chi connectivity index (χ4n) is 1.77. The zero-order valence-electron chi connectivity index (χ0n) is 11.7. The Morgan fingerprint density at radius 2 is 2.40 bits per heavy atom. The summed E-state index contributed by atoms with van der Waals surface area (Å²) in [7, 11) is 1.99. The van der Waals surface area contributed by atoms with E-state index in [2.05, 4.69) is 9.88 Å². The van der Waals surface area contributed by atoms with Crippen molar-refractivity contribution in [1.29, 1.82) is 0 Å². The van der Waals surface area contributed by atoms with Crippen LogP contribution in [0.5, 0.6) is 0 Å². The lowest BCUT2D eigenvalue weighted by molar-refractivity contribution is -0.143. The van der Waals surface area contributed by atoms with E-state index in [0.717, 1.165) is 22.9 Å². The molecule has 6 heteroatoms. The van der Waals surface area contributed by atoms with Crippen LogP contribution in [-0.4, -0.2) is 24.6 Å². The minimum Gasteiger partial charge on any atom is -0.472 e. The molecule has 0 fully saturated rings. The molecule has 0 bridgehead atoms. The van der Waals surface area contributed by atoms with Gasteiger partial charge in [-0.25, -0.2) is 4.98 Å². The number of aromatic nitrogens is 1. The maximum absolute atomic E-state index is 11.3. The van der Waals surface area contributed by atoms with Crippen LogP contribution in [0.25, 0.3) is 0 Å². The summed E-state index contributed by atoms with van der Waals surface area (Å²) in [6, 6.07) is 1.94. The third-order valence-corrected chi connectivity index (χ3v) is 3.76. The second-order valence-electron chi connectivity index (χ2n) is 4.41. The normalized spacial score (nSPS) is 10.5. The van der Waals surface area contributed by atoms with Gasteiger partial charge in [-0.3, -0.25) is 4.79 Å². The largest absolute Gasteiger partial charge is 0.472 e. The number of hydrogen-bond donors (Lipinski definition) is 0. The van der Waals surface area contributed by atoms with Gasteiger partial charge in [-0.2, -0.15) is 0 Å². The number of rotatable bonds is 7. The molecule has 20 heavy (non-hydrogen) atoms. The molecule has 0 N–H and O–H groups in total. The lowest BCUT2D eigenvalue weighted by atomic mass is 10.2. The summed E-state index contributed by atoms with van der Waals surface area (Å²) < 4.78 is 9.95. The van der Waals surface area contributed by atoms with Gasteiger partial charge in [-0.1, -0.05) is 0 Å². The first-order valence-corrected chi connectivity index (χ1v) is 7.39. The number of carbonyl (C=O) groups excluding carboxylic acids is 1. The van der Waals surface area contributed by atoms with Crippen molar-refractivity contribution in [3.8, 4) is 0 Å². The maximum Gasteiger partial charge on any atom is 0.306 e. The summed E-state index contributed by atoms with van der Waals surface area (Å²) >= 11 is 1.58. The Labute approximate surface area is 122 Å². The summed E-state index contributed by atoms with van der Waals surface area (Å²) in [5.74, 6) is -0.172. The molecule has 2 aromatic rings. The summed E-state index contributed by atoms with van der Waals surface area (Å²) in [4.78, 5) is 17.9. The Kier molecular flexibility index (Phi) is 5.17. The first-order chi connectivity index (χ1) is 9.69. The molecule has 0 saturated heterocycles. The van der Waals surface area contributed by atoms with Crippen LogP contribution in [0.2, 0.25) is 0 Å². The van der Waals surface area contributed by atoms with Gasteiger partial charge in [-0.15, -0.1) is 11.3 Å². The van der Waals surface area contributed by atoms with Gasteiger partial charge >= 0.3 is 5.97 Å². The van der Waals surface area contributed by atoms with Crippen molar-refractivity contribution in [2.45, 2.75) is 26.3 Å². The van der Waals surface area contributed by atoms with Gasteiger partial charge in [0.05, 0.1) is 31.2 Å². The molecular formula is C14H18N2O3S. The quantitative estimate of drug-likeness (QED) is 0.735. The molecule has 5 nitrogen and oxygen atoms in total. The van der Waals surface area contributed by atoms with Crippen molar-refractivity contribution in [3.05, 3.63) is 35.2 Å². The number of esters is 1. The lowest BCUT2D eigenvalue weighted by Gasteiger charge is -2.13. The number of aryl methyl sites for hydroxylation is 1. The second-order valence-corrected chi connectivity index (χ2v) is 5.25. The van der Waals surface area contributed by atoms with Gasteiger partial charge in [0.1, 0.15) is 0 Å². The summed E-state index contributed by atoms with van der Waals surface area (Å²) in [6.07, 6.45) is 4.39. The Bertz CT molecular complexity index is 536. The highest BCUT2D eigenvalue weighted by Gasteiger charge is 2.10. The fourth-order valence-corrected chi connectivity index (χ4v) is 2.60. The Balaban J connectivity index is 1.86. The van der Waals surface area contributed by atoms with Gasteiger partial charge < -0.3 is 14.1 Å². The highest BCUT2D eigenvalue weighted by molar-refractivity contribution is 7.13. The number of hydrogen-bond acceptors (Lipinski definition) is 6. The van der Waals surface area contributed by atoms with Crippen LogP contribution < -0.4 is 4.90 Å². The SMILES string of the molecule is CCOC(=O)CCc1csc(N(C)Cc2ccoc2)n1. The average molecular weight is 294 g/mol. The fraction of sp³-hybridized carbons (Fsp3) is 0.429. The number of anilines is 1. The summed E-state index contributed by atoms with van der Waals surface area (Å²) in [5.41, 5.74) is 2.04. The van der Waals surface area contributed by atoms with Gasteiger partial charge in [0.25, 0.3) is 0 Å². The molecule has 0 spiro atoms. The van der Waals surface area contributed by atoms with E-state index in [0.29, 0.717) is 19.4 Å². The van der Waals surface area contributed by atoms with Crippen LogP contribution >= 0.6 is 11.3 Å². The van der Waals surface area contributed by atoms with Gasteiger partial charge in [0.2, 0.25) is 0 Å². The molecule has 0 atom stereocenters. The van der Waals surface area contributed by atoms with Crippen LogP contribution in [0, 0.1) is 0 Å². The van der Waals surface area contributed by atoms with E-state index in [1.54, 1.807) is 23.9 Å². The minimum absolute atomic E-state index is 0.172. The van der Waals surface area contributed by atoms with Crippen LogP contribution in [0.15, 0.2) is 28.4 Å². The Hall–Kier alpha value is -1.82. The molecule has 0 unspecified atom stereocenters. The van der Waals surface area contributed by atoms with Crippen molar-refractivity contribution in [3.63, 3.8) is 0 Å². The van der Waals surface area contributed by atoms with E-state index in [1.807, 2.05) is 25.4 Å². The van der Waals surface area contributed by atoms with E-state index in [9.17, 15) is 4.79 Å². The lowest BCUT2D eigenvalue weighted by Crippen LogP contribution is -2.15. The Morgan fingerprint density at radius 1 is 1.55 bits per heavy atom. The van der Waals surface area contributed by atoms with Gasteiger partial charge in [-0.05, 0) is 13.0 Å². The van der Waals surface area contributed by atoms with E-state index >= 15 is 0 Å². The number of carbonyl (C=O) groups is 1. The predicted molar refractivity (Wildman–Crippen MR) is 77.9 cm³/mol. The monoisotopic (exact) mass is 294 g/mol. The first kappa shape index (κ1) is 14.6. The molecular weight excluding hydrogens is 276 g/mol. The summed E-state index contributed by atoms with van der Waals surface area (Å²) in [5, 5.41) is 2.92. The van der Waals surface area contributed by atoms with E-state index in [4.69, 9.17) is 9.15 Å². The molecule has 0 aliphatic heterocycles. The molecule has 0 amide bonds. The van der Waals surface area contributed by atoms with Crippen molar-refractivity contribution in [2.24, 2.45) is 0 Å². The third-order valence-electron chi connectivity index (χ3n) is 2.76. The number of thiazole rings is 1. The molecule has 2 aromatic heterocycles. The predicted octanol–water partition coefficient (Wildman–Crippen LogP) is 2.87. The molecule has 0 saturated carbocycles. The van der Waals surface area contributed by atoms with Crippen molar-refractivity contribution >= 4 is 22.4 Å². The van der Waals surface area contributed by atoms with Crippen molar-refractivity contribution in [1.82, 2.24) is 4.98 Å².